The van der Waals surface area contributed by atoms with E-state index in [1.165, 1.54) is 0 Å². The molecule has 0 aliphatic carbocycles. The topological polar surface area (TPSA) is 148 Å². The quantitative estimate of drug-likeness (QED) is 0.169. The van der Waals surface area contributed by atoms with Gasteiger partial charge in [-0.3, -0.25) is 24.2 Å². The number of fused-ring (bicyclic) bond motifs is 1. The molecule has 0 saturated carbocycles. The van der Waals surface area contributed by atoms with Crippen LogP contribution in [0.15, 0.2) is 54.9 Å². The summed E-state index contributed by atoms with van der Waals surface area (Å²) < 4.78 is 1.95. The SMILES string of the molecule is CCCCCC[C@@H](CC(N)=O)N(CCC)C(=O)[C@H](CCCC(=O)O)NC(=O)c1cn(Cc2ccccn2)c2ccccc12. The van der Waals surface area contributed by atoms with E-state index in [0.717, 1.165) is 42.3 Å². The number of nitrogens with one attached hydrogen (secondary N) is 1. The normalized spacial score (nSPS) is 12.5. The van der Waals surface area contributed by atoms with Crippen LogP contribution in [0.25, 0.3) is 10.9 Å². The maximum absolute atomic E-state index is 14.1. The first kappa shape index (κ1) is 33.3. The summed E-state index contributed by atoms with van der Waals surface area (Å²) in [5, 5.41) is 12.9. The first-order valence-electron chi connectivity index (χ1n) is 15.3. The van der Waals surface area contributed by atoms with Gasteiger partial charge in [-0.15, -0.1) is 0 Å². The van der Waals surface area contributed by atoms with Crippen molar-refractivity contribution < 1.29 is 24.3 Å². The summed E-state index contributed by atoms with van der Waals surface area (Å²) in [6.07, 6.45) is 9.02. The number of carboxylic acid groups (broad SMARTS) is 1. The first-order valence-corrected chi connectivity index (χ1v) is 15.3. The number of nitrogens with two attached hydrogens (primary N) is 1. The van der Waals surface area contributed by atoms with Crippen molar-refractivity contribution in [3.05, 3.63) is 66.1 Å². The molecule has 0 radical (unpaired) electrons. The highest BCUT2D eigenvalue weighted by molar-refractivity contribution is 6.08. The van der Waals surface area contributed by atoms with Crippen LogP contribution in [0, 0.1) is 0 Å². The summed E-state index contributed by atoms with van der Waals surface area (Å²) in [4.78, 5) is 57.3. The van der Waals surface area contributed by atoms with Crippen LogP contribution in [0.1, 0.15) is 94.1 Å². The molecule has 3 rings (SSSR count). The van der Waals surface area contributed by atoms with Crippen molar-refractivity contribution in [3.8, 4) is 0 Å². The summed E-state index contributed by atoms with van der Waals surface area (Å²) >= 11 is 0. The van der Waals surface area contributed by atoms with Crippen molar-refractivity contribution in [3.63, 3.8) is 0 Å². The average molecular weight is 592 g/mol. The van der Waals surface area contributed by atoms with Crippen molar-refractivity contribution >= 4 is 34.6 Å². The fourth-order valence-electron chi connectivity index (χ4n) is 5.50. The Hall–Kier alpha value is -4.21. The standard InChI is InChI=1S/C33H45N5O5/c1-3-5-6-7-14-25(21-30(34)39)38(20-4-2)33(43)28(16-12-18-31(40)41)36-32(42)27-23-37(22-24-13-10-11-19-35-24)29-17-9-8-15-26(27)29/h8-11,13,15,17,19,23,25,28H,3-7,12,14,16,18,20-22H2,1-2H3,(H2,34,39)(H,36,42)(H,40,41)/t25-,28-/m0/s1. The summed E-state index contributed by atoms with van der Waals surface area (Å²) in [6.45, 7) is 4.94. The maximum Gasteiger partial charge on any atom is 0.303 e. The van der Waals surface area contributed by atoms with Crippen molar-refractivity contribution in [2.45, 2.75) is 96.7 Å². The Morgan fingerprint density at radius 2 is 1.74 bits per heavy atom. The van der Waals surface area contributed by atoms with Crippen LogP contribution in [-0.4, -0.2) is 61.9 Å². The van der Waals surface area contributed by atoms with E-state index >= 15 is 0 Å². The van der Waals surface area contributed by atoms with E-state index < -0.39 is 23.8 Å². The molecule has 1 aromatic carbocycles. The molecule has 43 heavy (non-hydrogen) atoms. The molecule has 232 valence electrons. The molecule has 3 aromatic rings. The number of carbonyl (C=O) groups is 4. The molecule has 2 aromatic heterocycles. The minimum atomic E-state index is -0.969. The molecule has 4 N–H and O–H groups in total. The van der Waals surface area contributed by atoms with E-state index in [0.29, 0.717) is 31.5 Å². The minimum absolute atomic E-state index is 0.0364. The number of nitrogens with zero attached hydrogens (tertiary/aromatic N) is 3. The molecule has 0 saturated heterocycles. The molecule has 2 heterocycles. The van der Waals surface area contributed by atoms with Gasteiger partial charge in [0.1, 0.15) is 6.04 Å². The van der Waals surface area contributed by atoms with Gasteiger partial charge in [-0.25, -0.2) is 0 Å². The van der Waals surface area contributed by atoms with Gasteiger partial charge in [0.15, 0.2) is 0 Å². The predicted molar refractivity (Wildman–Crippen MR) is 166 cm³/mol. The Morgan fingerprint density at radius 1 is 0.977 bits per heavy atom. The molecule has 0 aliphatic heterocycles. The van der Waals surface area contributed by atoms with Crippen LogP contribution in [0.3, 0.4) is 0 Å². The number of hydrogen-bond acceptors (Lipinski definition) is 5. The Labute approximate surface area is 253 Å². The molecular weight excluding hydrogens is 546 g/mol. The Bertz CT molecular complexity index is 1360. The van der Waals surface area contributed by atoms with E-state index in [9.17, 15) is 24.3 Å². The summed E-state index contributed by atoms with van der Waals surface area (Å²) in [7, 11) is 0. The fraction of sp³-hybridized carbons (Fsp3) is 0.485. The number of carboxylic acids is 1. The highest BCUT2D eigenvalue weighted by Crippen LogP contribution is 2.23. The second kappa shape index (κ2) is 17.0. The molecule has 0 aliphatic rings. The number of primary amides is 1. The van der Waals surface area contributed by atoms with E-state index in [1.54, 1.807) is 17.3 Å². The van der Waals surface area contributed by atoms with Crippen molar-refractivity contribution in [1.82, 2.24) is 19.8 Å². The smallest absolute Gasteiger partial charge is 0.303 e. The first-order chi connectivity index (χ1) is 20.7. The average Bonchev–Trinajstić information content (AvgIpc) is 3.35. The lowest BCUT2D eigenvalue weighted by molar-refractivity contribution is -0.139. The van der Waals surface area contributed by atoms with Crippen LogP contribution in [0.5, 0.6) is 0 Å². The van der Waals surface area contributed by atoms with Crippen LogP contribution < -0.4 is 11.1 Å². The molecule has 0 bridgehead atoms. The fourth-order valence-corrected chi connectivity index (χ4v) is 5.50. The van der Waals surface area contributed by atoms with Gasteiger partial charge in [0.05, 0.1) is 17.8 Å². The zero-order valence-electron chi connectivity index (χ0n) is 25.3. The largest absolute Gasteiger partial charge is 0.481 e. The lowest BCUT2D eigenvalue weighted by Crippen LogP contribution is -2.53. The van der Waals surface area contributed by atoms with Crippen molar-refractivity contribution in [1.29, 1.82) is 0 Å². The van der Waals surface area contributed by atoms with Gasteiger partial charge in [0.25, 0.3) is 5.91 Å². The summed E-state index contributed by atoms with van der Waals surface area (Å²) in [5.41, 5.74) is 7.70. The number of carbonyl (C=O) groups excluding carboxylic acids is 3. The van der Waals surface area contributed by atoms with Gasteiger partial charge >= 0.3 is 5.97 Å². The van der Waals surface area contributed by atoms with E-state index in [2.05, 4.69) is 17.2 Å². The van der Waals surface area contributed by atoms with Gasteiger partial charge < -0.3 is 25.6 Å². The summed E-state index contributed by atoms with van der Waals surface area (Å²) in [6, 6.07) is 11.9. The number of amides is 3. The highest BCUT2D eigenvalue weighted by Gasteiger charge is 2.32. The van der Waals surface area contributed by atoms with Crippen molar-refractivity contribution in [2.24, 2.45) is 5.73 Å². The molecule has 0 unspecified atom stereocenters. The van der Waals surface area contributed by atoms with Crippen LogP contribution in [0.2, 0.25) is 0 Å². The van der Waals surface area contributed by atoms with Gasteiger partial charge in [0.2, 0.25) is 11.8 Å². The van der Waals surface area contributed by atoms with Crippen LogP contribution in [-0.2, 0) is 20.9 Å². The summed E-state index contributed by atoms with van der Waals surface area (Å²) in [5.74, 6) is -2.19. The molecule has 10 heteroatoms. The number of pyridine rings is 1. The lowest BCUT2D eigenvalue weighted by atomic mass is 10.00. The molecule has 0 spiro atoms. The van der Waals surface area contributed by atoms with Crippen molar-refractivity contribution in [2.75, 3.05) is 6.54 Å². The number of hydrogen-bond donors (Lipinski definition) is 3. The zero-order valence-corrected chi connectivity index (χ0v) is 25.3. The number of rotatable bonds is 19. The van der Waals surface area contributed by atoms with Gasteiger partial charge in [-0.1, -0.05) is 63.8 Å². The molecular formula is C33H45N5O5. The lowest BCUT2D eigenvalue weighted by Gasteiger charge is -2.34. The van der Waals surface area contributed by atoms with Crippen LogP contribution in [0.4, 0.5) is 0 Å². The third-order valence-electron chi connectivity index (χ3n) is 7.59. The number of benzene rings is 1. The van der Waals surface area contributed by atoms with Crippen LogP contribution >= 0.6 is 0 Å². The van der Waals surface area contributed by atoms with E-state index in [1.807, 2.05) is 54.0 Å². The van der Waals surface area contributed by atoms with E-state index in [4.69, 9.17) is 5.73 Å². The molecule has 3 amide bonds. The highest BCUT2D eigenvalue weighted by atomic mass is 16.4. The number of aromatic nitrogens is 2. The Kier molecular flexibility index (Phi) is 13.2. The predicted octanol–water partition coefficient (Wildman–Crippen LogP) is 4.89. The monoisotopic (exact) mass is 591 g/mol. The van der Waals surface area contributed by atoms with Gasteiger partial charge in [-0.05, 0) is 43.9 Å². The van der Waals surface area contributed by atoms with Gasteiger partial charge in [0, 0.05) is 48.7 Å². The zero-order chi connectivity index (χ0) is 31.2. The van der Waals surface area contributed by atoms with E-state index in [-0.39, 0.29) is 37.6 Å². The molecule has 2 atom stereocenters. The number of unbranched alkanes of at least 4 members (excludes halogenated alkanes) is 3. The van der Waals surface area contributed by atoms with Gasteiger partial charge in [-0.2, -0.15) is 0 Å². The maximum atomic E-state index is 14.1. The molecule has 0 fully saturated rings. The Balaban J connectivity index is 1.90. The Morgan fingerprint density at radius 3 is 2.42 bits per heavy atom. The second-order valence-corrected chi connectivity index (χ2v) is 11.0. The third-order valence-corrected chi connectivity index (χ3v) is 7.59. The molecule has 10 nitrogen and oxygen atoms in total. The number of para-hydroxylation sites is 1. The third kappa shape index (κ3) is 9.94. The minimum Gasteiger partial charge on any atom is -0.481 e. The second-order valence-electron chi connectivity index (χ2n) is 11.0. The number of aliphatic carboxylic acids is 1.